The SMILES string of the molecule is CCCN(CC(=O)Nc1ccc(Cl)cc1Cl)C(=O)c1cc(OC)c(C)c(OC)c1. The van der Waals surface area contributed by atoms with Crippen molar-refractivity contribution in [2.75, 3.05) is 32.6 Å². The van der Waals surface area contributed by atoms with E-state index in [1.165, 1.54) is 19.1 Å². The van der Waals surface area contributed by atoms with E-state index in [0.29, 0.717) is 45.8 Å². The van der Waals surface area contributed by atoms with E-state index in [0.717, 1.165) is 5.56 Å². The number of hydrogen-bond donors (Lipinski definition) is 1. The molecule has 6 nitrogen and oxygen atoms in total. The Hall–Kier alpha value is -2.44. The number of nitrogens with zero attached hydrogens (tertiary/aromatic N) is 1. The molecule has 8 heteroatoms. The number of methoxy groups -OCH3 is 2. The predicted octanol–water partition coefficient (Wildman–Crippen LogP) is 4.81. The Morgan fingerprint density at radius 2 is 1.69 bits per heavy atom. The quantitative estimate of drug-likeness (QED) is 0.641. The number of rotatable bonds is 8. The van der Waals surface area contributed by atoms with Gasteiger partial charge in [-0.3, -0.25) is 9.59 Å². The van der Waals surface area contributed by atoms with Gasteiger partial charge < -0.3 is 19.7 Å². The third-order valence-corrected chi connectivity index (χ3v) is 4.87. The number of benzene rings is 2. The Kier molecular flexibility index (Phi) is 8.17. The van der Waals surface area contributed by atoms with Gasteiger partial charge in [0.2, 0.25) is 5.91 Å². The van der Waals surface area contributed by atoms with Crippen LogP contribution in [0.3, 0.4) is 0 Å². The van der Waals surface area contributed by atoms with Crippen LogP contribution < -0.4 is 14.8 Å². The van der Waals surface area contributed by atoms with E-state index < -0.39 is 0 Å². The van der Waals surface area contributed by atoms with Gasteiger partial charge in [0.15, 0.2) is 0 Å². The van der Waals surface area contributed by atoms with Gasteiger partial charge in [0, 0.05) is 22.7 Å². The molecule has 156 valence electrons. The Labute approximate surface area is 180 Å². The molecule has 0 spiro atoms. The van der Waals surface area contributed by atoms with Crippen molar-refractivity contribution in [1.82, 2.24) is 4.90 Å². The number of carbonyl (C=O) groups excluding carboxylic acids is 2. The number of anilines is 1. The molecule has 0 aromatic heterocycles. The van der Waals surface area contributed by atoms with Gasteiger partial charge >= 0.3 is 0 Å². The molecule has 2 amide bonds. The zero-order chi connectivity index (χ0) is 21.6. The van der Waals surface area contributed by atoms with Crippen molar-refractivity contribution in [2.24, 2.45) is 0 Å². The highest BCUT2D eigenvalue weighted by Gasteiger charge is 2.21. The van der Waals surface area contributed by atoms with Crippen molar-refractivity contribution in [3.63, 3.8) is 0 Å². The van der Waals surface area contributed by atoms with Gasteiger partial charge in [-0.05, 0) is 43.7 Å². The number of ether oxygens (including phenoxy) is 2. The lowest BCUT2D eigenvalue weighted by Gasteiger charge is -2.23. The molecule has 0 bridgehead atoms. The van der Waals surface area contributed by atoms with Crippen molar-refractivity contribution in [3.8, 4) is 11.5 Å². The van der Waals surface area contributed by atoms with Gasteiger partial charge in [-0.15, -0.1) is 0 Å². The summed E-state index contributed by atoms with van der Waals surface area (Å²) in [7, 11) is 3.06. The standard InChI is InChI=1S/C21H24Cl2N2O4/c1-5-8-25(12-20(26)24-17-7-6-15(22)11-16(17)23)21(27)14-9-18(28-3)13(2)19(10-14)29-4/h6-7,9-11H,5,8,12H2,1-4H3,(H,24,26). The predicted molar refractivity (Wildman–Crippen MR) is 116 cm³/mol. The van der Waals surface area contributed by atoms with Crippen LogP contribution in [0, 0.1) is 6.92 Å². The molecule has 0 unspecified atom stereocenters. The fourth-order valence-corrected chi connectivity index (χ4v) is 3.32. The van der Waals surface area contributed by atoms with E-state index in [9.17, 15) is 9.59 Å². The van der Waals surface area contributed by atoms with Crippen molar-refractivity contribution in [1.29, 1.82) is 0 Å². The highest BCUT2D eigenvalue weighted by Crippen LogP contribution is 2.30. The van der Waals surface area contributed by atoms with Crippen LogP contribution in [0.5, 0.6) is 11.5 Å². The van der Waals surface area contributed by atoms with Crippen molar-refractivity contribution in [2.45, 2.75) is 20.3 Å². The van der Waals surface area contributed by atoms with E-state index in [4.69, 9.17) is 32.7 Å². The summed E-state index contributed by atoms with van der Waals surface area (Å²) in [5, 5.41) is 3.51. The van der Waals surface area contributed by atoms with E-state index >= 15 is 0 Å². The van der Waals surface area contributed by atoms with Crippen molar-refractivity contribution >= 4 is 40.7 Å². The summed E-state index contributed by atoms with van der Waals surface area (Å²) in [4.78, 5) is 27.1. The average molecular weight is 439 g/mol. The molecular weight excluding hydrogens is 415 g/mol. The third kappa shape index (κ3) is 5.78. The normalized spacial score (nSPS) is 10.4. The van der Waals surface area contributed by atoms with Crippen LogP contribution in [0.25, 0.3) is 0 Å². The lowest BCUT2D eigenvalue weighted by atomic mass is 10.1. The summed E-state index contributed by atoms with van der Waals surface area (Å²) >= 11 is 12.0. The number of halogens is 2. The second-order valence-electron chi connectivity index (χ2n) is 6.40. The average Bonchev–Trinajstić information content (AvgIpc) is 2.69. The first kappa shape index (κ1) is 22.8. The van der Waals surface area contributed by atoms with Crippen LogP contribution in [0.4, 0.5) is 5.69 Å². The molecule has 0 radical (unpaired) electrons. The Bertz CT molecular complexity index is 877. The zero-order valence-electron chi connectivity index (χ0n) is 16.8. The van der Waals surface area contributed by atoms with Crippen LogP contribution >= 0.6 is 23.2 Å². The molecule has 0 heterocycles. The van der Waals surface area contributed by atoms with E-state index in [-0.39, 0.29) is 18.4 Å². The van der Waals surface area contributed by atoms with E-state index in [2.05, 4.69) is 5.32 Å². The molecule has 0 saturated carbocycles. The van der Waals surface area contributed by atoms with Crippen LogP contribution in [-0.4, -0.2) is 44.0 Å². The molecule has 0 saturated heterocycles. The van der Waals surface area contributed by atoms with Gasteiger partial charge in [0.1, 0.15) is 18.0 Å². The second kappa shape index (κ2) is 10.4. The van der Waals surface area contributed by atoms with Gasteiger partial charge in [0.25, 0.3) is 5.91 Å². The minimum absolute atomic E-state index is 0.121. The monoisotopic (exact) mass is 438 g/mol. The maximum Gasteiger partial charge on any atom is 0.254 e. The molecule has 29 heavy (non-hydrogen) atoms. The summed E-state index contributed by atoms with van der Waals surface area (Å²) in [5.41, 5.74) is 1.61. The molecule has 2 rings (SSSR count). The molecule has 0 atom stereocenters. The summed E-state index contributed by atoms with van der Waals surface area (Å²) in [5.74, 6) is 0.436. The molecule has 0 aliphatic heterocycles. The number of amides is 2. The minimum Gasteiger partial charge on any atom is -0.496 e. The first-order chi connectivity index (χ1) is 13.8. The van der Waals surface area contributed by atoms with Gasteiger partial charge in [-0.25, -0.2) is 0 Å². The summed E-state index contributed by atoms with van der Waals surface area (Å²) in [6.45, 7) is 4.08. The summed E-state index contributed by atoms with van der Waals surface area (Å²) < 4.78 is 10.7. The van der Waals surface area contributed by atoms with Gasteiger partial charge in [0.05, 0.1) is 24.9 Å². The molecule has 1 N–H and O–H groups in total. The lowest BCUT2D eigenvalue weighted by molar-refractivity contribution is -0.116. The molecule has 2 aromatic rings. The fraction of sp³-hybridized carbons (Fsp3) is 0.333. The topological polar surface area (TPSA) is 67.9 Å². The third-order valence-electron chi connectivity index (χ3n) is 4.32. The smallest absolute Gasteiger partial charge is 0.254 e. The van der Waals surface area contributed by atoms with Gasteiger partial charge in [-0.2, -0.15) is 0 Å². The molecule has 0 aliphatic rings. The zero-order valence-corrected chi connectivity index (χ0v) is 18.4. The number of carbonyl (C=O) groups is 2. The lowest BCUT2D eigenvalue weighted by Crippen LogP contribution is -2.38. The number of nitrogens with one attached hydrogen (secondary N) is 1. The highest BCUT2D eigenvalue weighted by molar-refractivity contribution is 6.36. The van der Waals surface area contributed by atoms with Crippen molar-refractivity contribution < 1.29 is 19.1 Å². The molecule has 0 aliphatic carbocycles. The maximum atomic E-state index is 13.1. The molecular formula is C21H24Cl2N2O4. The van der Waals surface area contributed by atoms with E-state index in [1.807, 2.05) is 13.8 Å². The molecule has 2 aromatic carbocycles. The second-order valence-corrected chi connectivity index (χ2v) is 7.25. The Morgan fingerprint density at radius 3 is 2.21 bits per heavy atom. The highest BCUT2D eigenvalue weighted by atomic mass is 35.5. The Balaban J connectivity index is 2.22. The van der Waals surface area contributed by atoms with Crippen LogP contribution in [-0.2, 0) is 4.79 Å². The molecule has 0 fully saturated rings. The first-order valence-corrected chi connectivity index (χ1v) is 9.83. The van der Waals surface area contributed by atoms with Crippen LogP contribution in [0.2, 0.25) is 10.0 Å². The number of hydrogen-bond acceptors (Lipinski definition) is 4. The van der Waals surface area contributed by atoms with E-state index in [1.54, 1.807) is 30.3 Å². The minimum atomic E-state index is -0.359. The van der Waals surface area contributed by atoms with Crippen molar-refractivity contribution in [3.05, 3.63) is 51.5 Å². The van der Waals surface area contributed by atoms with Crippen LogP contribution in [0.15, 0.2) is 30.3 Å². The summed E-state index contributed by atoms with van der Waals surface area (Å²) in [6.07, 6.45) is 0.695. The largest absolute Gasteiger partial charge is 0.496 e. The first-order valence-electron chi connectivity index (χ1n) is 9.07. The van der Waals surface area contributed by atoms with Gasteiger partial charge in [-0.1, -0.05) is 30.1 Å². The Morgan fingerprint density at radius 1 is 1.07 bits per heavy atom. The maximum absolute atomic E-state index is 13.1. The van der Waals surface area contributed by atoms with Crippen LogP contribution in [0.1, 0.15) is 29.3 Å². The summed E-state index contributed by atoms with van der Waals surface area (Å²) in [6, 6.07) is 8.08. The fourth-order valence-electron chi connectivity index (χ4n) is 2.87.